The van der Waals surface area contributed by atoms with Gasteiger partial charge < -0.3 is 31.7 Å². The van der Waals surface area contributed by atoms with E-state index in [0.29, 0.717) is 32.0 Å². The molecule has 0 aliphatic rings. The first-order valence-corrected chi connectivity index (χ1v) is 15.8. The Balaban J connectivity index is 2.80. The predicted octanol–water partition coefficient (Wildman–Crippen LogP) is 1.80. The van der Waals surface area contributed by atoms with Gasteiger partial charge in [-0.2, -0.15) is 5.10 Å². The Kier molecular flexibility index (Phi) is 19.6. The van der Waals surface area contributed by atoms with Crippen molar-refractivity contribution in [1.29, 1.82) is 0 Å². The summed E-state index contributed by atoms with van der Waals surface area (Å²) in [5, 5.41) is 26.2. The topological polar surface area (TPSA) is 176 Å². The Morgan fingerprint density at radius 1 is 0.932 bits per heavy atom. The second-order valence-electron chi connectivity index (χ2n) is 11.1. The van der Waals surface area contributed by atoms with Gasteiger partial charge in [0.25, 0.3) is 0 Å². The van der Waals surface area contributed by atoms with Crippen molar-refractivity contribution < 1.29 is 24.6 Å². The molecule has 0 spiro atoms. The fourth-order valence-electron chi connectivity index (χ4n) is 5.16. The molecule has 0 aliphatic heterocycles. The number of hydrogen-bond acceptors (Lipinski definition) is 9. The zero-order chi connectivity index (χ0) is 32.9. The minimum atomic E-state index is -0.988. The van der Waals surface area contributed by atoms with Crippen molar-refractivity contribution in [2.45, 2.75) is 78.8 Å². The molecule has 0 saturated carbocycles. The van der Waals surface area contributed by atoms with Gasteiger partial charge in [-0.05, 0) is 63.5 Å². The Morgan fingerprint density at radius 2 is 1.64 bits per heavy atom. The van der Waals surface area contributed by atoms with Crippen LogP contribution in [0.25, 0.3) is 0 Å². The van der Waals surface area contributed by atoms with Crippen LogP contribution in [-0.4, -0.2) is 114 Å². The number of carbonyl (C=O) groups excluding carboxylic acids is 1. The summed E-state index contributed by atoms with van der Waals surface area (Å²) in [7, 11) is 1.70. The molecule has 1 amide bonds. The first kappa shape index (κ1) is 38.8. The third kappa shape index (κ3) is 15.5. The third-order valence-electron chi connectivity index (χ3n) is 7.47. The standard InChI is InChI=1S/C31H56N8O5/c1-6-9-10-14-37(8-3)15-16-38(23-29(41)42)17-18-39(13-7-2)27(31(43)44)11-12-28(40)34-22-25-19-24(4)20-26(21-25)30(35-32)36-33-5/h19-21,27,33H,6-18,22-23,32H2,1-5H3,(H,34,40)(H,35,36)(H,41,42)(H,43,44). The molecule has 0 heterocycles. The van der Waals surface area contributed by atoms with Gasteiger partial charge in [0.15, 0.2) is 5.84 Å². The maximum Gasteiger partial charge on any atom is 0.320 e. The largest absolute Gasteiger partial charge is 0.480 e. The van der Waals surface area contributed by atoms with Crippen molar-refractivity contribution in [3.8, 4) is 0 Å². The van der Waals surface area contributed by atoms with Gasteiger partial charge in [-0.25, -0.2) is 5.43 Å². The monoisotopic (exact) mass is 620 g/mol. The smallest absolute Gasteiger partial charge is 0.320 e. The van der Waals surface area contributed by atoms with E-state index in [1.807, 2.05) is 41.8 Å². The highest BCUT2D eigenvalue weighted by Crippen LogP contribution is 2.12. The number of benzene rings is 1. The maximum absolute atomic E-state index is 12.8. The average molecular weight is 621 g/mol. The number of aliphatic carboxylic acids is 2. The van der Waals surface area contributed by atoms with Crippen molar-refractivity contribution in [2.75, 3.05) is 59.4 Å². The fraction of sp³-hybridized carbons (Fsp3) is 0.677. The molecule has 0 aromatic heterocycles. The molecule has 250 valence electrons. The number of amidine groups is 1. The van der Waals surface area contributed by atoms with Crippen molar-refractivity contribution in [3.05, 3.63) is 34.9 Å². The molecule has 7 N–H and O–H groups in total. The second kappa shape index (κ2) is 22.3. The molecule has 1 aromatic rings. The summed E-state index contributed by atoms with van der Waals surface area (Å²) in [6.07, 6.45) is 4.37. The van der Waals surface area contributed by atoms with E-state index >= 15 is 0 Å². The Morgan fingerprint density at radius 3 is 2.23 bits per heavy atom. The zero-order valence-electron chi connectivity index (χ0n) is 27.4. The number of aryl methyl sites for hydroxylation is 1. The lowest BCUT2D eigenvalue weighted by molar-refractivity contribution is -0.144. The van der Waals surface area contributed by atoms with Crippen LogP contribution in [0, 0.1) is 6.92 Å². The van der Waals surface area contributed by atoms with Crippen LogP contribution in [0.1, 0.15) is 76.0 Å². The van der Waals surface area contributed by atoms with Crippen LogP contribution in [-0.2, 0) is 20.9 Å². The van der Waals surface area contributed by atoms with Crippen LogP contribution < -0.4 is 22.0 Å². The minimum absolute atomic E-state index is 0.0503. The molecule has 13 heteroatoms. The van der Waals surface area contributed by atoms with E-state index in [-0.39, 0.29) is 31.8 Å². The van der Waals surface area contributed by atoms with E-state index < -0.39 is 18.0 Å². The normalized spacial score (nSPS) is 12.6. The van der Waals surface area contributed by atoms with Gasteiger partial charge in [-0.1, -0.05) is 45.2 Å². The maximum atomic E-state index is 12.8. The number of amides is 1. The van der Waals surface area contributed by atoms with Gasteiger partial charge >= 0.3 is 11.9 Å². The molecule has 1 aromatic carbocycles. The molecule has 1 atom stereocenters. The molecule has 1 unspecified atom stereocenters. The van der Waals surface area contributed by atoms with Crippen molar-refractivity contribution in [1.82, 2.24) is 30.9 Å². The van der Waals surface area contributed by atoms with Crippen LogP contribution in [0.3, 0.4) is 0 Å². The summed E-state index contributed by atoms with van der Waals surface area (Å²) in [4.78, 5) is 42.7. The number of hydrazine groups is 1. The SMILES string of the molecule is CCCCCN(CC)CCN(CCN(CCC)C(CCC(=O)NCc1cc(C)cc(/C(=N/N)NNC)c1)C(=O)O)CC(=O)O. The van der Waals surface area contributed by atoms with Crippen molar-refractivity contribution >= 4 is 23.7 Å². The molecule has 13 nitrogen and oxygen atoms in total. The Hall–Kier alpha value is -3.26. The number of nitrogens with one attached hydrogen (secondary N) is 3. The molecule has 0 saturated heterocycles. The Labute approximate surface area is 263 Å². The number of rotatable bonds is 24. The van der Waals surface area contributed by atoms with Crippen LogP contribution in [0.5, 0.6) is 0 Å². The number of hydrogen-bond donors (Lipinski definition) is 6. The van der Waals surface area contributed by atoms with Gasteiger partial charge in [0.2, 0.25) is 5.91 Å². The number of nitrogens with two attached hydrogens (primary N) is 1. The van der Waals surface area contributed by atoms with Crippen LogP contribution >= 0.6 is 0 Å². The summed E-state index contributed by atoms with van der Waals surface area (Å²) in [5.74, 6) is 3.82. The molecule has 0 fully saturated rings. The molecule has 1 rings (SSSR count). The number of hydrazone groups is 1. The predicted molar refractivity (Wildman–Crippen MR) is 174 cm³/mol. The van der Waals surface area contributed by atoms with E-state index in [0.717, 1.165) is 55.6 Å². The van der Waals surface area contributed by atoms with Gasteiger partial charge in [0.1, 0.15) is 6.04 Å². The van der Waals surface area contributed by atoms with Crippen LogP contribution in [0.4, 0.5) is 0 Å². The molecule has 0 aliphatic carbocycles. The fourth-order valence-corrected chi connectivity index (χ4v) is 5.16. The number of carboxylic acid groups (broad SMARTS) is 2. The number of carbonyl (C=O) groups is 3. The number of nitrogens with zero attached hydrogens (tertiary/aromatic N) is 4. The summed E-state index contributed by atoms with van der Waals surface area (Å²) in [5.41, 5.74) is 8.27. The average Bonchev–Trinajstić information content (AvgIpc) is 2.98. The number of unbranched alkanes of at least 4 members (excludes halogenated alkanes) is 2. The first-order chi connectivity index (χ1) is 21.1. The number of likely N-dealkylation sites (N-methyl/N-ethyl adjacent to an activating group) is 1. The molecular formula is C31H56N8O5. The summed E-state index contributed by atoms with van der Waals surface area (Å²) in [6, 6.07) is 4.90. The summed E-state index contributed by atoms with van der Waals surface area (Å²) in [6.45, 7) is 13.0. The second-order valence-corrected chi connectivity index (χ2v) is 11.1. The Bertz CT molecular complexity index is 1040. The summed E-state index contributed by atoms with van der Waals surface area (Å²) < 4.78 is 0. The lowest BCUT2D eigenvalue weighted by Gasteiger charge is -2.32. The van der Waals surface area contributed by atoms with E-state index in [1.165, 1.54) is 6.42 Å². The quantitative estimate of drug-likeness (QED) is 0.0327. The van der Waals surface area contributed by atoms with Gasteiger partial charge in [0.05, 0.1) is 6.54 Å². The van der Waals surface area contributed by atoms with Crippen molar-refractivity contribution in [2.24, 2.45) is 10.9 Å². The van der Waals surface area contributed by atoms with Crippen LogP contribution in [0.15, 0.2) is 23.3 Å². The lowest BCUT2D eigenvalue weighted by atomic mass is 10.1. The van der Waals surface area contributed by atoms with Crippen molar-refractivity contribution in [3.63, 3.8) is 0 Å². The number of carboxylic acids is 2. The van der Waals surface area contributed by atoms with Gasteiger partial charge in [-0.15, -0.1) is 0 Å². The third-order valence-corrected chi connectivity index (χ3v) is 7.47. The van der Waals surface area contributed by atoms with E-state index in [2.05, 4.69) is 40.0 Å². The minimum Gasteiger partial charge on any atom is -0.480 e. The van der Waals surface area contributed by atoms with E-state index in [9.17, 15) is 24.6 Å². The highest BCUT2D eigenvalue weighted by molar-refractivity contribution is 5.98. The molecular weight excluding hydrogens is 564 g/mol. The van der Waals surface area contributed by atoms with E-state index in [4.69, 9.17) is 5.84 Å². The summed E-state index contributed by atoms with van der Waals surface area (Å²) >= 11 is 0. The van der Waals surface area contributed by atoms with Gasteiger partial charge in [-0.3, -0.25) is 24.2 Å². The zero-order valence-corrected chi connectivity index (χ0v) is 27.4. The van der Waals surface area contributed by atoms with Crippen LogP contribution in [0.2, 0.25) is 0 Å². The molecule has 44 heavy (non-hydrogen) atoms. The van der Waals surface area contributed by atoms with E-state index in [1.54, 1.807) is 7.05 Å². The first-order valence-electron chi connectivity index (χ1n) is 15.8. The van der Waals surface area contributed by atoms with Gasteiger partial charge in [0, 0.05) is 51.8 Å². The highest BCUT2D eigenvalue weighted by atomic mass is 16.4. The molecule has 0 radical (unpaired) electrons. The highest BCUT2D eigenvalue weighted by Gasteiger charge is 2.26. The molecule has 0 bridgehead atoms. The lowest BCUT2D eigenvalue weighted by Crippen LogP contribution is -2.47.